The molecule has 0 aliphatic carbocycles. The fraction of sp³-hybridized carbons (Fsp3) is 0.263. The molecule has 7 heteroatoms. The maximum absolute atomic E-state index is 12.6. The molecule has 3 aromatic rings. The molecule has 0 saturated carbocycles. The Morgan fingerprint density at radius 3 is 2.92 bits per heavy atom. The highest BCUT2D eigenvalue weighted by Gasteiger charge is 2.37. The van der Waals surface area contributed by atoms with Crippen molar-refractivity contribution in [1.29, 1.82) is 0 Å². The minimum absolute atomic E-state index is 0.0670. The van der Waals surface area contributed by atoms with E-state index in [1.165, 1.54) is 11.3 Å². The average Bonchev–Trinajstić information content (AvgIpc) is 3.24. The second-order valence-electron chi connectivity index (χ2n) is 5.73. The Morgan fingerprint density at radius 2 is 2.12 bits per heavy atom. The Kier molecular flexibility index (Phi) is 4.74. The first-order valence-corrected chi connectivity index (χ1v) is 10.2. The van der Waals surface area contributed by atoms with Gasteiger partial charge in [0.1, 0.15) is 16.9 Å². The highest BCUT2D eigenvalue weighted by Crippen LogP contribution is 2.46. The summed E-state index contributed by atoms with van der Waals surface area (Å²) in [5.41, 5.74) is 1.87. The van der Waals surface area contributed by atoms with Crippen LogP contribution in [0.2, 0.25) is 0 Å². The Hall–Kier alpha value is -2.25. The normalized spacial score (nSPS) is 17.1. The van der Waals surface area contributed by atoms with Gasteiger partial charge in [-0.1, -0.05) is 29.5 Å². The molecule has 1 saturated heterocycles. The van der Waals surface area contributed by atoms with E-state index < -0.39 is 0 Å². The van der Waals surface area contributed by atoms with Crippen molar-refractivity contribution in [3.63, 3.8) is 0 Å². The molecule has 26 heavy (non-hydrogen) atoms. The van der Waals surface area contributed by atoms with Crippen LogP contribution in [-0.2, 0) is 4.79 Å². The van der Waals surface area contributed by atoms with Crippen molar-refractivity contribution >= 4 is 44.4 Å². The third-order valence-corrected chi connectivity index (χ3v) is 6.35. The standard InChI is InChI=1S/C19H18N2O3S2/c1-3-24-15-7-5-4-6-13(15)18-21(17(22)11-25-18)19-20-14-9-8-12(23-2)10-16(14)26-19/h4-10,18H,3,11H2,1-2H3/t18-/m0/s1. The van der Waals surface area contributed by atoms with Crippen LogP contribution >= 0.6 is 23.1 Å². The van der Waals surface area contributed by atoms with Crippen LogP contribution in [-0.4, -0.2) is 30.4 Å². The van der Waals surface area contributed by atoms with Crippen LogP contribution in [0.1, 0.15) is 17.9 Å². The number of carbonyl (C=O) groups excluding carboxylic acids is 1. The van der Waals surface area contributed by atoms with Crippen molar-refractivity contribution < 1.29 is 14.3 Å². The van der Waals surface area contributed by atoms with E-state index >= 15 is 0 Å². The molecule has 2 heterocycles. The lowest BCUT2D eigenvalue weighted by Crippen LogP contribution is -2.27. The predicted molar refractivity (Wildman–Crippen MR) is 106 cm³/mol. The Bertz CT molecular complexity index is 957. The summed E-state index contributed by atoms with van der Waals surface area (Å²) in [7, 11) is 1.64. The summed E-state index contributed by atoms with van der Waals surface area (Å²) in [4.78, 5) is 19.1. The second-order valence-corrected chi connectivity index (χ2v) is 7.81. The summed E-state index contributed by atoms with van der Waals surface area (Å²) < 4.78 is 12.1. The number of ether oxygens (including phenoxy) is 2. The first kappa shape index (κ1) is 17.2. The zero-order valence-corrected chi connectivity index (χ0v) is 16.1. The first-order valence-electron chi connectivity index (χ1n) is 8.31. The number of aromatic nitrogens is 1. The van der Waals surface area contributed by atoms with Crippen LogP contribution in [0.25, 0.3) is 10.2 Å². The fourth-order valence-corrected chi connectivity index (χ4v) is 5.24. The number of fused-ring (bicyclic) bond motifs is 1. The number of hydrogen-bond acceptors (Lipinski definition) is 6. The quantitative estimate of drug-likeness (QED) is 0.647. The number of thiazole rings is 1. The zero-order valence-electron chi connectivity index (χ0n) is 14.5. The number of para-hydroxylation sites is 1. The molecule has 1 aromatic heterocycles. The lowest BCUT2D eigenvalue weighted by atomic mass is 10.2. The zero-order chi connectivity index (χ0) is 18.1. The number of nitrogens with zero attached hydrogens (tertiary/aromatic N) is 2. The van der Waals surface area contributed by atoms with Gasteiger partial charge in [-0.25, -0.2) is 4.98 Å². The molecule has 1 aliphatic rings. The van der Waals surface area contributed by atoms with E-state index in [0.29, 0.717) is 17.5 Å². The molecule has 2 aromatic carbocycles. The van der Waals surface area contributed by atoms with Gasteiger partial charge in [0.05, 0.1) is 29.7 Å². The lowest BCUT2D eigenvalue weighted by Gasteiger charge is -2.23. The van der Waals surface area contributed by atoms with E-state index in [9.17, 15) is 4.79 Å². The van der Waals surface area contributed by atoms with Crippen LogP contribution in [0.4, 0.5) is 5.13 Å². The number of methoxy groups -OCH3 is 1. The van der Waals surface area contributed by atoms with Crippen LogP contribution in [0, 0.1) is 0 Å². The van der Waals surface area contributed by atoms with Gasteiger partial charge >= 0.3 is 0 Å². The maximum Gasteiger partial charge on any atom is 0.240 e. The highest BCUT2D eigenvalue weighted by molar-refractivity contribution is 8.00. The first-order chi connectivity index (χ1) is 12.7. The number of amides is 1. The molecule has 0 radical (unpaired) electrons. The molecule has 0 unspecified atom stereocenters. The Labute approximate surface area is 159 Å². The number of thioether (sulfide) groups is 1. The largest absolute Gasteiger partial charge is 0.497 e. The van der Waals surface area contributed by atoms with Crippen LogP contribution in [0.3, 0.4) is 0 Å². The number of hydrogen-bond donors (Lipinski definition) is 0. The number of benzene rings is 2. The molecule has 134 valence electrons. The van der Waals surface area contributed by atoms with Crippen molar-refractivity contribution in [2.24, 2.45) is 0 Å². The van der Waals surface area contributed by atoms with Crippen molar-refractivity contribution in [1.82, 2.24) is 4.98 Å². The minimum atomic E-state index is -0.132. The van der Waals surface area contributed by atoms with Crippen molar-refractivity contribution in [3.8, 4) is 11.5 Å². The molecule has 5 nitrogen and oxygen atoms in total. The molecule has 1 aliphatic heterocycles. The van der Waals surface area contributed by atoms with Gasteiger partial charge < -0.3 is 9.47 Å². The van der Waals surface area contributed by atoms with Gasteiger partial charge in [-0.15, -0.1) is 11.8 Å². The van der Waals surface area contributed by atoms with Crippen molar-refractivity contribution in [3.05, 3.63) is 48.0 Å². The smallest absolute Gasteiger partial charge is 0.240 e. The monoisotopic (exact) mass is 386 g/mol. The van der Waals surface area contributed by atoms with Gasteiger partial charge in [0.25, 0.3) is 0 Å². The van der Waals surface area contributed by atoms with Gasteiger partial charge in [-0.05, 0) is 31.2 Å². The van der Waals surface area contributed by atoms with Gasteiger partial charge in [0.15, 0.2) is 5.13 Å². The summed E-state index contributed by atoms with van der Waals surface area (Å²) in [5, 5.41) is 0.576. The predicted octanol–water partition coefficient (Wildman–Crippen LogP) is 4.48. The van der Waals surface area contributed by atoms with E-state index in [-0.39, 0.29) is 11.3 Å². The summed E-state index contributed by atoms with van der Waals surface area (Å²) >= 11 is 3.11. The van der Waals surface area contributed by atoms with E-state index in [2.05, 4.69) is 4.98 Å². The Balaban J connectivity index is 1.75. The number of rotatable bonds is 5. The average molecular weight is 386 g/mol. The summed E-state index contributed by atoms with van der Waals surface area (Å²) in [5.74, 6) is 2.10. The van der Waals surface area contributed by atoms with Gasteiger partial charge in [-0.3, -0.25) is 9.69 Å². The van der Waals surface area contributed by atoms with Crippen LogP contribution in [0.5, 0.6) is 11.5 Å². The topological polar surface area (TPSA) is 51.7 Å². The molecule has 0 N–H and O–H groups in total. The van der Waals surface area contributed by atoms with Crippen LogP contribution in [0.15, 0.2) is 42.5 Å². The van der Waals surface area contributed by atoms with E-state index in [1.54, 1.807) is 23.8 Å². The minimum Gasteiger partial charge on any atom is -0.497 e. The molecule has 1 amide bonds. The third kappa shape index (κ3) is 3.01. The van der Waals surface area contributed by atoms with Gasteiger partial charge in [0, 0.05) is 5.56 Å². The lowest BCUT2D eigenvalue weighted by molar-refractivity contribution is -0.115. The molecule has 0 bridgehead atoms. The number of carbonyl (C=O) groups is 1. The highest BCUT2D eigenvalue weighted by atomic mass is 32.2. The fourth-order valence-electron chi connectivity index (χ4n) is 2.96. The maximum atomic E-state index is 12.6. The van der Waals surface area contributed by atoms with Crippen molar-refractivity contribution in [2.45, 2.75) is 12.3 Å². The summed E-state index contributed by atoms with van der Waals surface area (Å²) in [6.07, 6.45) is 0. The SMILES string of the molecule is CCOc1ccccc1[C@@H]1SCC(=O)N1c1nc2ccc(OC)cc2s1. The third-order valence-electron chi connectivity index (χ3n) is 4.14. The molecule has 4 rings (SSSR count). The van der Waals surface area contributed by atoms with Gasteiger partial charge in [-0.2, -0.15) is 0 Å². The number of anilines is 1. The van der Waals surface area contributed by atoms with E-state index in [1.807, 2.05) is 49.4 Å². The molecule has 1 atom stereocenters. The second kappa shape index (κ2) is 7.17. The van der Waals surface area contributed by atoms with E-state index in [0.717, 1.165) is 27.3 Å². The van der Waals surface area contributed by atoms with Crippen molar-refractivity contribution in [2.75, 3.05) is 24.4 Å². The molecule has 0 spiro atoms. The molecular formula is C19H18N2O3S2. The van der Waals surface area contributed by atoms with Crippen LogP contribution < -0.4 is 14.4 Å². The van der Waals surface area contributed by atoms with Gasteiger partial charge in [0.2, 0.25) is 5.91 Å². The summed E-state index contributed by atoms with van der Waals surface area (Å²) in [6.45, 7) is 2.55. The van der Waals surface area contributed by atoms with E-state index in [4.69, 9.17) is 9.47 Å². The molecule has 1 fully saturated rings. The summed E-state index contributed by atoms with van der Waals surface area (Å²) in [6, 6.07) is 13.6. The molecular weight excluding hydrogens is 368 g/mol. The Morgan fingerprint density at radius 1 is 1.27 bits per heavy atom.